The van der Waals surface area contributed by atoms with Crippen molar-refractivity contribution in [1.82, 2.24) is 0 Å². The van der Waals surface area contributed by atoms with Gasteiger partial charge in [0.25, 0.3) is 10.1 Å². The van der Waals surface area contributed by atoms with Crippen LogP contribution in [-0.4, -0.2) is 27.2 Å². The zero-order valence-electron chi connectivity index (χ0n) is 10.2. The van der Waals surface area contributed by atoms with E-state index in [1.807, 2.05) is 0 Å². The molecule has 120 valence electrons. The van der Waals surface area contributed by atoms with Crippen LogP contribution >= 0.6 is 0 Å². The molecule has 4 nitrogen and oxygen atoms in total. The maximum absolute atomic E-state index is 12.7. The second-order valence-corrected chi connectivity index (χ2v) is 5.44. The van der Waals surface area contributed by atoms with E-state index in [0.29, 0.717) is 30.5 Å². The third-order valence-corrected chi connectivity index (χ3v) is 2.53. The molecule has 0 saturated carbocycles. The van der Waals surface area contributed by atoms with Crippen molar-refractivity contribution in [3.63, 3.8) is 0 Å². The highest BCUT2D eigenvalue weighted by Crippen LogP contribution is 2.37. The van der Waals surface area contributed by atoms with Crippen molar-refractivity contribution in [3.05, 3.63) is 29.8 Å². The van der Waals surface area contributed by atoms with Gasteiger partial charge in [-0.1, -0.05) is 12.1 Å². The fourth-order valence-electron chi connectivity index (χ4n) is 1.32. The first-order valence-electron chi connectivity index (χ1n) is 5.08. The summed E-state index contributed by atoms with van der Waals surface area (Å²) in [6.45, 7) is 0. The van der Waals surface area contributed by atoms with E-state index in [9.17, 15) is 34.8 Å². The van der Waals surface area contributed by atoms with Crippen LogP contribution in [0.3, 0.4) is 0 Å². The molecular weight excluding hydrogens is 330 g/mol. The standard InChI is InChI=1S/C10H8F6O4S/c1-21(17,18)20-8(9(11,12)13)6-2-4-7(5-3-6)19-10(14,15)16/h2-5,8H,1H3. The SMILES string of the molecule is CS(=O)(=O)OC(c1ccc(OC(F)(F)F)cc1)C(F)(F)F. The first kappa shape index (κ1) is 17.6. The Morgan fingerprint density at radius 1 is 1.00 bits per heavy atom. The predicted molar refractivity (Wildman–Crippen MR) is 57.8 cm³/mol. The molecule has 0 heterocycles. The van der Waals surface area contributed by atoms with Crippen LogP contribution in [0.25, 0.3) is 0 Å². The lowest BCUT2D eigenvalue weighted by Crippen LogP contribution is -2.26. The Morgan fingerprint density at radius 3 is 1.81 bits per heavy atom. The number of ether oxygens (including phenoxy) is 1. The van der Waals surface area contributed by atoms with Gasteiger partial charge in [-0.05, 0) is 17.7 Å². The van der Waals surface area contributed by atoms with Gasteiger partial charge in [-0.3, -0.25) is 4.18 Å². The first-order chi connectivity index (χ1) is 9.28. The number of rotatable bonds is 4. The summed E-state index contributed by atoms with van der Waals surface area (Å²) in [5.74, 6) is -0.744. The summed E-state index contributed by atoms with van der Waals surface area (Å²) in [5.41, 5.74) is -0.678. The first-order valence-corrected chi connectivity index (χ1v) is 6.90. The highest BCUT2D eigenvalue weighted by atomic mass is 32.2. The average molecular weight is 338 g/mol. The molecule has 0 saturated heterocycles. The van der Waals surface area contributed by atoms with Crippen LogP contribution in [0, 0.1) is 0 Å². The quantitative estimate of drug-likeness (QED) is 0.625. The van der Waals surface area contributed by atoms with E-state index in [1.165, 1.54) is 0 Å². The van der Waals surface area contributed by atoms with Gasteiger partial charge in [0.1, 0.15) is 5.75 Å². The van der Waals surface area contributed by atoms with Crippen molar-refractivity contribution >= 4 is 10.1 Å². The monoisotopic (exact) mass is 338 g/mol. The zero-order valence-corrected chi connectivity index (χ0v) is 11.0. The third-order valence-electron chi connectivity index (χ3n) is 1.98. The summed E-state index contributed by atoms with van der Waals surface area (Å²) in [6, 6.07) is 2.50. The fourth-order valence-corrected chi connectivity index (χ4v) is 1.89. The molecule has 1 rings (SSSR count). The number of benzene rings is 1. The molecule has 0 N–H and O–H groups in total. The molecule has 1 aromatic carbocycles. The molecule has 0 radical (unpaired) electrons. The van der Waals surface area contributed by atoms with Crippen molar-refractivity contribution in [3.8, 4) is 5.75 Å². The highest BCUT2D eigenvalue weighted by Gasteiger charge is 2.44. The summed E-state index contributed by atoms with van der Waals surface area (Å²) in [5, 5.41) is 0. The molecule has 0 aromatic heterocycles. The van der Waals surface area contributed by atoms with Crippen LogP contribution in [-0.2, 0) is 14.3 Å². The van der Waals surface area contributed by atoms with E-state index in [1.54, 1.807) is 0 Å². The van der Waals surface area contributed by atoms with Gasteiger partial charge < -0.3 is 4.74 Å². The van der Waals surface area contributed by atoms with Crippen LogP contribution in [0.5, 0.6) is 5.75 Å². The van der Waals surface area contributed by atoms with E-state index >= 15 is 0 Å². The van der Waals surface area contributed by atoms with Gasteiger partial charge >= 0.3 is 12.5 Å². The molecule has 0 aliphatic heterocycles. The molecule has 11 heteroatoms. The third kappa shape index (κ3) is 6.21. The number of hydrogen-bond donors (Lipinski definition) is 0. The van der Waals surface area contributed by atoms with Crippen LogP contribution in [0.15, 0.2) is 24.3 Å². The lowest BCUT2D eigenvalue weighted by molar-refractivity contribution is -0.274. The van der Waals surface area contributed by atoms with Gasteiger partial charge in [0, 0.05) is 0 Å². The maximum Gasteiger partial charge on any atom is 0.573 e. The topological polar surface area (TPSA) is 52.6 Å². The van der Waals surface area contributed by atoms with Crippen LogP contribution in [0.1, 0.15) is 11.7 Å². The summed E-state index contributed by atoms with van der Waals surface area (Å²) in [4.78, 5) is 0. The lowest BCUT2D eigenvalue weighted by Gasteiger charge is -2.20. The molecule has 0 aliphatic rings. The number of hydrogen-bond acceptors (Lipinski definition) is 4. The van der Waals surface area contributed by atoms with Crippen LogP contribution in [0.2, 0.25) is 0 Å². The van der Waals surface area contributed by atoms with Gasteiger partial charge in [-0.25, -0.2) is 0 Å². The Balaban J connectivity index is 3.05. The van der Waals surface area contributed by atoms with Crippen molar-refractivity contribution in [1.29, 1.82) is 0 Å². The summed E-state index contributed by atoms with van der Waals surface area (Å²) in [6.07, 6.45) is -12.4. The van der Waals surface area contributed by atoms with Gasteiger partial charge in [0.15, 0.2) is 6.10 Å². The van der Waals surface area contributed by atoms with Crippen molar-refractivity contribution in [2.75, 3.05) is 6.26 Å². The molecule has 0 bridgehead atoms. The fraction of sp³-hybridized carbons (Fsp3) is 0.400. The minimum Gasteiger partial charge on any atom is -0.406 e. The summed E-state index contributed by atoms with van der Waals surface area (Å²) < 4.78 is 103. The Morgan fingerprint density at radius 2 is 1.48 bits per heavy atom. The molecule has 1 aromatic rings. The maximum atomic E-state index is 12.7. The van der Waals surface area contributed by atoms with Gasteiger partial charge in [-0.2, -0.15) is 21.6 Å². The van der Waals surface area contributed by atoms with E-state index in [4.69, 9.17) is 0 Å². The number of halogens is 6. The summed E-state index contributed by atoms with van der Waals surface area (Å²) in [7, 11) is -4.42. The molecule has 21 heavy (non-hydrogen) atoms. The largest absolute Gasteiger partial charge is 0.573 e. The van der Waals surface area contributed by atoms with Gasteiger partial charge in [-0.15, -0.1) is 13.2 Å². The molecule has 1 atom stereocenters. The molecule has 0 aliphatic carbocycles. The van der Waals surface area contributed by atoms with Crippen LogP contribution in [0.4, 0.5) is 26.3 Å². The minimum atomic E-state index is -5.06. The normalized spacial score (nSPS) is 14.8. The predicted octanol–water partition coefficient (Wildman–Crippen LogP) is 3.16. The second kappa shape index (κ2) is 5.72. The average Bonchev–Trinajstić information content (AvgIpc) is 2.22. The Bertz CT molecular complexity index is 575. The van der Waals surface area contributed by atoms with Gasteiger partial charge in [0.2, 0.25) is 0 Å². The lowest BCUT2D eigenvalue weighted by atomic mass is 10.1. The van der Waals surface area contributed by atoms with Crippen molar-refractivity contribution < 1.29 is 43.7 Å². The van der Waals surface area contributed by atoms with Crippen molar-refractivity contribution in [2.24, 2.45) is 0 Å². The second-order valence-electron chi connectivity index (χ2n) is 3.84. The number of alkyl halides is 6. The van der Waals surface area contributed by atoms with Crippen molar-refractivity contribution in [2.45, 2.75) is 18.6 Å². The Kier molecular flexibility index (Phi) is 4.78. The molecule has 0 amide bonds. The summed E-state index contributed by atoms with van der Waals surface area (Å²) >= 11 is 0. The minimum absolute atomic E-state index is 0.423. The molecular formula is C10H8F6O4S. The van der Waals surface area contributed by atoms with E-state index in [0.717, 1.165) is 0 Å². The zero-order chi connectivity index (χ0) is 16.5. The highest BCUT2D eigenvalue weighted by molar-refractivity contribution is 7.86. The molecule has 0 spiro atoms. The Labute approximate surface area is 115 Å². The Hall–Kier alpha value is -1.49. The van der Waals surface area contributed by atoms with E-state index < -0.39 is 40.1 Å². The van der Waals surface area contributed by atoms with Crippen LogP contribution < -0.4 is 4.74 Å². The smallest absolute Gasteiger partial charge is 0.406 e. The molecule has 0 fully saturated rings. The van der Waals surface area contributed by atoms with E-state index in [2.05, 4.69) is 8.92 Å². The van der Waals surface area contributed by atoms with Gasteiger partial charge in [0.05, 0.1) is 6.26 Å². The van der Waals surface area contributed by atoms with E-state index in [-0.39, 0.29) is 0 Å². The molecule has 1 unspecified atom stereocenters.